The summed E-state index contributed by atoms with van der Waals surface area (Å²) < 4.78 is 6.84. The van der Waals surface area contributed by atoms with Crippen LogP contribution in [0.5, 0.6) is 0 Å². The molecule has 6 nitrogen and oxygen atoms in total. The lowest BCUT2D eigenvalue weighted by atomic mass is 10.1. The van der Waals surface area contributed by atoms with Gasteiger partial charge in [0.05, 0.1) is 0 Å². The third-order valence-electron chi connectivity index (χ3n) is 6.93. The first-order chi connectivity index (χ1) is 16.3. The van der Waals surface area contributed by atoms with Crippen LogP contribution >= 0.6 is 0 Å². The molecular formula is C27H43N5OSi. The van der Waals surface area contributed by atoms with Crippen molar-refractivity contribution in [3.8, 4) is 11.1 Å². The molecule has 3 rings (SSSR count). The van der Waals surface area contributed by atoms with Crippen LogP contribution in [0.15, 0.2) is 42.9 Å². The van der Waals surface area contributed by atoms with E-state index in [1.165, 1.54) is 6.42 Å². The first kappa shape index (κ1) is 26.4. The maximum atomic E-state index is 6.84. The number of nitrogens with one attached hydrogen (secondary N) is 2. The molecule has 0 amide bonds. The van der Waals surface area contributed by atoms with Crippen molar-refractivity contribution in [2.45, 2.75) is 90.0 Å². The third-order valence-corrected chi connectivity index (χ3v) is 11.5. The molecule has 0 saturated carbocycles. The van der Waals surface area contributed by atoms with Crippen LogP contribution < -0.4 is 10.6 Å². The van der Waals surface area contributed by atoms with Crippen molar-refractivity contribution in [2.24, 2.45) is 0 Å². The molecule has 1 aliphatic heterocycles. The van der Waals surface area contributed by atoms with E-state index >= 15 is 0 Å². The van der Waals surface area contributed by atoms with E-state index in [1.54, 1.807) is 6.20 Å². The monoisotopic (exact) mass is 481 g/mol. The fraction of sp³-hybridized carbons (Fsp3) is 0.593. The number of hydrogen-bond donors (Lipinski definition) is 2. The minimum absolute atomic E-state index is 0.238. The van der Waals surface area contributed by atoms with E-state index in [0.29, 0.717) is 12.1 Å². The van der Waals surface area contributed by atoms with Crippen LogP contribution in [0.1, 0.15) is 65.7 Å². The molecule has 2 N–H and O–H groups in total. The Morgan fingerprint density at radius 1 is 0.971 bits per heavy atom. The van der Waals surface area contributed by atoms with Gasteiger partial charge in [-0.1, -0.05) is 39.0 Å². The van der Waals surface area contributed by atoms with Gasteiger partial charge in [0.2, 0.25) is 5.95 Å². The predicted octanol–water partition coefficient (Wildman–Crippen LogP) is 7.05. The van der Waals surface area contributed by atoms with Gasteiger partial charge in [-0.2, -0.15) is 4.98 Å². The maximum absolute atomic E-state index is 6.84. The quantitative estimate of drug-likeness (QED) is 0.361. The topological polar surface area (TPSA) is 72.0 Å². The predicted molar refractivity (Wildman–Crippen MR) is 146 cm³/mol. The first-order valence-electron chi connectivity index (χ1n) is 12.8. The maximum Gasteiger partial charge on any atom is 0.224 e. The van der Waals surface area contributed by atoms with Crippen LogP contribution in [0.25, 0.3) is 11.1 Å². The van der Waals surface area contributed by atoms with Gasteiger partial charge in [-0.15, -0.1) is 0 Å². The van der Waals surface area contributed by atoms with Gasteiger partial charge in [0.15, 0.2) is 8.32 Å². The molecule has 7 heteroatoms. The van der Waals surface area contributed by atoms with Crippen molar-refractivity contribution in [2.75, 3.05) is 23.7 Å². The van der Waals surface area contributed by atoms with Crippen LogP contribution in [-0.2, 0) is 4.43 Å². The zero-order valence-corrected chi connectivity index (χ0v) is 22.7. The molecule has 3 heterocycles. The van der Waals surface area contributed by atoms with Gasteiger partial charge < -0.3 is 15.1 Å². The van der Waals surface area contributed by atoms with E-state index in [2.05, 4.69) is 66.6 Å². The summed E-state index contributed by atoms with van der Waals surface area (Å²) in [7, 11) is -1.77. The Labute approximate surface area is 207 Å². The SMILES string of the molecule is CC(C)(C)[Si](C)(C)OC1CCC/C=C\CCNc2ncc(-c3cccnc3)c(n2)NCCCC1. The van der Waals surface area contributed by atoms with E-state index in [4.69, 9.17) is 9.41 Å². The van der Waals surface area contributed by atoms with Crippen molar-refractivity contribution >= 4 is 20.1 Å². The Balaban J connectivity index is 1.71. The van der Waals surface area contributed by atoms with Crippen molar-refractivity contribution in [3.05, 3.63) is 42.9 Å². The highest BCUT2D eigenvalue weighted by Gasteiger charge is 2.38. The number of pyridine rings is 1. The first-order valence-corrected chi connectivity index (χ1v) is 15.7. The van der Waals surface area contributed by atoms with Gasteiger partial charge in [0, 0.05) is 48.9 Å². The summed E-state index contributed by atoms with van der Waals surface area (Å²) in [6.45, 7) is 13.4. The average molecular weight is 482 g/mol. The highest BCUT2D eigenvalue weighted by atomic mass is 28.4. The summed E-state index contributed by atoms with van der Waals surface area (Å²) in [5, 5.41) is 7.17. The van der Waals surface area contributed by atoms with Crippen LogP contribution in [-0.4, -0.2) is 42.5 Å². The molecule has 34 heavy (non-hydrogen) atoms. The van der Waals surface area contributed by atoms with E-state index in [9.17, 15) is 0 Å². The number of anilines is 2. The summed E-state index contributed by atoms with van der Waals surface area (Å²) in [4.78, 5) is 13.6. The number of fused-ring (bicyclic) bond motifs is 2. The molecule has 0 aromatic carbocycles. The molecule has 0 fully saturated rings. The van der Waals surface area contributed by atoms with Crippen LogP contribution in [0, 0.1) is 0 Å². The Morgan fingerprint density at radius 3 is 2.53 bits per heavy atom. The van der Waals surface area contributed by atoms with Crippen molar-refractivity contribution in [3.63, 3.8) is 0 Å². The molecule has 1 atom stereocenters. The lowest BCUT2D eigenvalue weighted by Crippen LogP contribution is -2.44. The average Bonchev–Trinajstić information content (AvgIpc) is 2.79. The minimum Gasteiger partial charge on any atom is -0.414 e. The lowest BCUT2D eigenvalue weighted by molar-refractivity contribution is 0.156. The summed E-state index contributed by atoms with van der Waals surface area (Å²) in [6.07, 6.45) is 18.2. The van der Waals surface area contributed by atoms with Gasteiger partial charge in [-0.3, -0.25) is 4.98 Å². The Morgan fingerprint density at radius 2 is 1.76 bits per heavy atom. The highest BCUT2D eigenvalue weighted by molar-refractivity contribution is 6.74. The Kier molecular flexibility index (Phi) is 9.65. The molecule has 2 aromatic rings. The number of nitrogens with zero attached hydrogens (tertiary/aromatic N) is 3. The highest BCUT2D eigenvalue weighted by Crippen LogP contribution is 2.38. The second-order valence-corrected chi connectivity index (χ2v) is 15.5. The minimum atomic E-state index is -1.77. The molecule has 0 radical (unpaired) electrons. The van der Waals surface area contributed by atoms with Crippen LogP contribution in [0.4, 0.5) is 11.8 Å². The second-order valence-electron chi connectivity index (χ2n) is 10.7. The normalized spacial score (nSPS) is 20.0. The van der Waals surface area contributed by atoms with Crippen molar-refractivity contribution < 1.29 is 4.43 Å². The van der Waals surface area contributed by atoms with Gasteiger partial charge in [0.1, 0.15) is 5.82 Å². The third kappa shape index (κ3) is 7.91. The largest absolute Gasteiger partial charge is 0.414 e. The summed E-state index contributed by atoms with van der Waals surface area (Å²) in [6, 6.07) is 3.99. The fourth-order valence-corrected chi connectivity index (χ4v) is 5.28. The molecule has 2 aromatic heterocycles. The fourth-order valence-electron chi connectivity index (χ4n) is 3.86. The van der Waals surface area contributed by atoms with Crippen molar-refractivity contribution in [1.82, 2.24) is 15.0 Å². The summed E-state index contributed by atoms with van der Waals surface area (Å²) in [5.41, 5.74) is 2.00. The van der Waals surface area contributed by atoms with Gasteiger partial charge in [-0.25, -0.2) is 4.98 Å². The molecule has 1 unspecified atom stereocenters. The zero-order valence-electron chi connectivity index (χ0n) is 21.7. The van der Waals surface area contributed by atoms with Crippen LogP contribution in [0.3, 0.4) is 0 Å². The number of hydrogen-bond acceptors (Lipinski definition) is 6. The molecular weight excluding hydrogens is 438 g/mol. The van der Waals surface area contributed by atoms with E-state index < -0.39 is 8.32 Å². The van der Waals surface area contributed by atoms with Crippen molar-refractivity contribution in [1.29, 1.82) is 0 Å². The molecule has 0 aliphatic carbocycles. The Bertz CT molecular complexity index is 911. The number of allylic oxidation sites excluding steroid dienone is 1. The standard InChI is InChI=1S/C27H43N5OSi/c1-27(2,3)34(4,5)33-23-15-9-7-6-8-11-19-30-26-31-21-24(22-14-13-17-28-20-22)25(32-26)29-18-12-10-16-23/h6,8,13-14,17,20-21,23H,7,9-12,15-16,18-19H2,1-5H3,(H2,29,30,31,32)/b8-6-. The van der Waals surface area contributed by atoms with E-state index in [-0.39, 0.29) is 5.04 Å². The zero-order chi connectivity index (χ0) is 24.4. The van der Waals surface area contributed by atoms with Gasteiger partial charge in [-0.05, 0) is 69.1 Å². The van der Waals surface area contributed by atoms with Gasteiger partial charge >= 0.3 is 0 Å². The number of aromatic nitrogens is 3. The lowest BCUT2D eigenvalue weighted by Gasteiger charge is -2.39. The van der Waals surface area contributed by atoms with Crippen LogP contribution in [0.2, 0.25) is 18.1 Å². The summed E-state index contributed by atoms with van der Waals surface area (Å²) in [5.74, 6) is 1.52. The second kappa shape index (κ2) is 12.5. The smallest absolute Gasteiger partial charge is 0.224 e. The van der Waals surface area contributed by atoms with E-state index in [1.807, 2.05) is 24.5 Å². The summed E-state index contributed by atoms with van der Waals surface area (Å²) >= 11 is 0. The Hall–Kier alpha value is -2.25. The van der Waals surface area contributed by atoms with E-state index in [0.717, 1.165) is 68.6 Å². The molecule has 2 bridgehead atoms. The molecule has 0 saturated heterocycles. The molecule has 0 spiro atoms. The number of rotatable bonds is 3. The molecule has 186 valence electrons. The van der Waals surface area contributed by atoms with Gasteiger partial charge in [0.25, 0.3) is 0 Å². The molecule has 1 aliphatic rings.